The molecule has 2 aromatic rings. The highest BCUT2D eigenvalue weighted by atomic mass is 32.1. The molecule has 0 bridgehead atoms. The molecule has 30 heavy (non-hydrogen) atoms. The lowest BCUT2D eigenvalue weighted by Gasteiger charge is -2.22. The van der Waals surface area contributed by atoms with Gasteiger partial charge in [-0.3, -0.25) is 4.57 Å². The Balaban J connectivity index is 2.47. The van der Waals surface area contributed by atoms with Gasteiger partial charge in [-0.05, 0) is 74.8 Å². The number of hydrogen-bond acceptors (Lipinski definition) is 7. The maximum atomic E-state index is 13.0. The molecule has 0 aliphatic heterocycles. The number of nitrogens with one attached hydrogen (secondary N) is 1. The zero-order chi connectivity index (χ0) is 23.0. The Kier molecular flexibility index (Phi) is 6.66. The standard InChI is InChI=1S/C21H32N4O4S/c1-11-13(3)30-17(15(11)18(26)28-20(5,6)7)25-14(4)23-24-16(25)12(2)22-19(27)29-21(8,9)10/h12H,1-10H3,(H,22,27)/t12-/m0/s1. The van der Waals surface area contributed by atoms with Crippen LogP contribution in [0.25, 0.3) is 5.00 Å². The number of nitrogens with zero attached hydrogens (tertiary/aromatic N) is 3. The number of alkyl carbamates (subject to hydrolysis) is 1. The number of hydrogen-bond donors (Lipinski definition) is 1. The Morgan fingerprint density at radius 1 is 1.00 bits per heavy atom. The number of thiophene rings is 1. The normalized spacial score (nSPS) is 13.1. The van der Waals surface area contributed by atoms with Crippen molar-refractivity contribution in [2.24, 2.45) is 0 Å². The molecule has 2 heterocycles. The average molecular weight is 437 g/mol. The summed E-state index contributed by atoms with van der Waals surface area (Å²) in [6, 6.07) is -0.491. The highest BCUT2D eigenvalue weighted by Crippen LogP contribution is 2.34. The Bertz CT molecular complexity index is 948. The summed E-state index contributed by atoms with van der Waals surface area (Å²) in [5, 5.41) is 11.9. The van der Waals surface area contributed by atoms with Gasteiger partial charge in [0.2, 0.25) is 0 Å². The zero-order valence-corrected chi connectivity index (χ0v) is 20.3. The topological polar surface area (TPSA) is 95.3 Å². The smallest absolute Gasteiger partial charge is 0.408 e. The first-order chi connectivity index (χ1) is 13.6. The molecule has 0 saturated heterocycles. The number of aryl methyl sites for hydroxylation is 2. The van der Waals surface area contributed by atoms with Crippen molar-refractivity contribution in [1.82, 2.24) is 20.1 Å². The third kappa shape index (κ3) is 5.59. The molecule has 0 saturated carbocycles. The minimum absolute atomic E-state index is 0.397. The van der Waals surface area contributed by atoms with E-state index in [9.17, 15) is 9.59 Å². The lowest BCUT2D eigenvalue weighted by Crippen LogP contribution is -2.35. The van der Waals surface area contributed by atoms with Crippen LogP contribution < -0.4 is 5.32 Å². The molecule has 1 atom stereocenters. The van der Waals surface area contributed by atoms with Crippen molar-refractivity contribution in [3.8, 4) is 5.00 Å². The van der Waals surface area contributed by atoms with Crippen LogP contribution in [-0.4, -0.2) is 38.0 Å². The van der Waals surface area contributed by atoms with E-state index < -0.39 is 29.3 Å². The predicted octanol–water partition coefficient (Wildman–Crippen LogP) is 4.80. The summed E-state index contributed by atoms with van der Waals surface area (Å²) in [6.45, 7) is 18.4. The van der Waals surface area contributed by atoms with Gasteiger partial charge in [-0.15, -0.1) is 21.5 Å². The van der Waals surface area contributed by atoms with Crippen molar-refractivity contribution in [2.45, 2.75) is 86.5 Å². The van der Waals surface area contributed by atoms with E-state index in [4.69, 9.17) is 9.47 Å². The van der Waals surface area contributed by atoms with E-state index in [1.54, 1.807) is 39.2 Å². The summed E-state index contributed by atoms with van der Waals surface area (Å²) in [7, 11) is 0. The summed E-state index contributed by atoms with van der Waals surface area (Å²) in [5.74, 6) is 0.712. The van der Waals surface area contributed by atoms with Gasteiger partial charge in [0.15, 0.2) is 5.82 Å². The van der Waals surface area contributed by atoms with Crippen LogP contribution in [0.4, 0.5) is 4.79 Å². The molecule has 0 spiro atoms. The molecule has 0 aliphatic carbocycles. The van der Waals surface area contributed by atoms with E-state index in [2.05, 4.69) is 15.5 Å². The van der Waals surface area contributed by atoms with E-state index in [1.165, 1.54) is 11.3 Å². The molecule has 1 N–H and O–H groups in total. The van der Waals surface area contributed by atoms with Gasteiger partial charge in [-0.1, -0.05) is 0 Å². The largest absolute Gasteiger partial charge is 0.456 e. The summed E-state index contributed by atoms with van der Waals surface area (Å²) in [4.78, 5) is 26.2. The molecule has 2 aromatic heterocycles. The number of carbonyl (C=O) groups is 2. The van der Waals surface area contributed by atoms with E-state index >= 15 is 0 Å². The van der Waals surface area contributed by atoms with Crippen LogP contribution in [0.3, 0.4) is 0 Å². The fourth-order valence-electron chi connectivity index (χ4n) is 2.79. The maximum Gasteiger partial charge on any atom is 0.408 e. The molecule has 0 fully saturated rings. The van der Waals surface area contributed by atoms with Crippen molar-refractivity contribution in [3.63, 3.8) is 0 Å². The molecule has 8 nitrogen and oxygen atoms in total. The first kappa shape index (κ1) is 23.9. The molecule has 0 aromatic carbocycles. The molecule has 166 valence electrons. The molecule has 0 radical (unpaired) electrons. The SMILES string of the molecule is Cc1sc(-n2c(C)nnc2[C@H](C)NC(=O)OC(C)(C)C)c(C(=O)OC(C)(C)C)c1C. The van der Waals surface area contributed by atoms with Crippen LogP contribution in [0.2, 0.25) is 0 Å². The second kappa shape index (κ2) is 8.37. The van der Waals surface area contributed by atoms with Crippen LogP contribution in [0.15, 0.2) is 0 Å². The highest BCUT2D eigenvalue weighted by Gasteiger charge is 2.30. The van der Waals surface area contributed by atoms with Crippen molar-refractivity contribution < 1.29 is 19.1 Å². The molecule has 0 unspecified atom stereocenters. The van der Waals surface area contributed by atoms with Gasteiger partial charge < -0.3 is 14.8 Å². The summed E-state index contributed by atoms with van der Waals surface area (Å²) in [6.07, 6.45) is -0.548. The Hall–Kier alpha value is -2.42. The maximum absolute atomic E-state index is 13.0. The van der Waals surface area contributed by atoms with E-state index in [-0.39, 0.29) is 0 Å². The lowest BCUT2D eigenvalue weighted by molar-refractivity contribution is 0.00689. The van der Waals surface area contributed by atoms with Crippen LogP contribution in [0.5, 0.6) is 0 Å². The Morgan fingerprint density at radius 3 is 2.10 bits per heavy atom. The van der Waals surface area contributed by atoms with Crippen LogP contribution in [0.1, 0.15) is 87.0 Å². The van der Waals surface area contributed by atoms with Crippen molar-refractivity contribution in [2.75, 3.05) is 0 Å². The molecular formula is C21H32N4O4S. The van der Waals surface area contributed by atoms with Gasteiger partial charge in [-0.25, -0.2) is 9.59 Å². The van der Waals surface area contributed by atoms with E-state index in [1.807, 2.05) is 34.6 Å². The zero-order valence-electron chi connectivity index (χ0n) is 19.5. The average Bonchev–Trinajstić information content (AvgIpc) is 3.04. The van der Waals surface area contributed by atoms with Gasteiger partial charge in [0, 0.05) is 4.88 Å². The van der Waals surface area contributed by atoms with Gasteiger partial charge >= 0.3 is 12.1 Å². The first-order valence-electron chi connectivity index (χ1n) is 9.86. The number of esters is 1. The molecule has 9 heteroatoms. The molecule has 2 rings (SSSR count). The monoisotopic (exact) mass is 436 g/mol. The van der Waals surface area contributed by atoms with E-state index in [0.717, 1.165) is 10.4 Å². The fraction of sp³-hybridized carbons (Fsp3) is 0.619. The summed E-state index contributed by atoms with van der Waals surface area (Å²) >= 11 is 1.47. The second-order valence-electron chi connectivity index (χ2n) is 9.27. The van der Waals surface area contributed by atoms with Crippen molar-refractivity contribution in [3.05, 3.63) is 27.7 Å². The molecule has 1 amide bonds. The van der Waals surface area contributed by atoms with Gasteiger partial charge in [0.25, 0.3) is 0 Å². The number of carbonyl (C=O) groups excluding carboxylic acids is 2. The summed E-state index contributed by atoms with van der Waals surface area (Å²) in [5.41, 5.74) is 0.115. The lowest BCUT2D eigenvalue weighted by atomic mass is 10.1. The third-order valence-corrected chi connectivity index (χ3v) is 5.34. The van der Waals surface area contributed by atoms with Gasteiger partial charge in [0.05, 0.1) is 11.6 Å². The van der Waals surface area contributed by atoms with Crippen molar-refractivity contribution >= 4 is 23.4 Å². The van der Waals surface area contributed by atoms with Crippen LogP contribution >= 0.6 is 11.3 Å². The molecular weight excluding hydrogens is 404 g/mol. The van der Waals surface area contributed by atoms with Crippen LogP contribution in [0, 0.1) is 20.8 Å². The Labute approximate surface area is 182 Å². The van der Waals surface area contributed by atoms with E-state index in [0.29, 0.717) is 22.2 Å². The highest BCUT2D eigenvalue weighted by molar-refractivity contribution is 7.15. The van der Waals surface area contributed by atoms with Gasteiger partial charge in [-0.2, -0.15) is 0 Å². The first-order valence-corrected chi connectivity index (χ1v) is 10.7. The number of amides is 1. The number of rotatable bonds is 4. The molecule has 0 aliphatic rings. The van der Waals surface area contributed by atoms with Crippen molar-refractivity contribution in [1.29, 1.82) is 0 Å². The number of aromatic nitrogens is 3. The fourth-order valence-corrected chi connectivity index (χ4v) is 4.00. The minimum Gasteiger partial charge on any atom is -0.456 e. The third-order valence-electron chi connectivity index (χ3n) is 4.14. The second-order valence-corrected chi connectivity index (χ2v) is 10.5. The van der Waals surface area contributed by atoms with Gasteiger partial charge in [0.1, 0.15) is 22.0 Å². The summed E-state index contributed by atoms with van der Waals surface area (Å²) < 4.78 is 12.8. The minimum atomic E-state index is -0.618. The van der Waals surface area contributed by atoms with Crippen LogP contribution in [-0.2, 0) is 9.47 Å². The predicted molar refractivity (Wildman–Crippen MR) is 116 cm³/mol. The quantitative estimate of drug-likeness (QED) is 0.692. The number of ether oxygens (including phenoxy) is 2. The Morgan fingerprint density at radius 2 is 1.57 bits per heavy atom.